The maximum absolute atomic E-state index is 11.9. The van der Waals surface area contributed by atoms with Crippen LogP contribution >= 0.6 is 0 Å². The highest BCUT2D eigenvalue weighted by Gasteiger charge is 2.56. The van der Waals surface area contributed by atoms with Crippen molar-refractivity contribution >= 4 is 11.8 Å². The maximum atomic E-state index is 11.9. The molecule has 5 heteroatoms. The molecule has 1 rings (SSSR count). The Hall–Kier alpha value is -1.10. The van der Waals surface area contributed by atoms with Crippen molar-refractivity contribution in [3.63, 3.8) is 0 Å². The molecule has 1 aliphatic carbocycles. The lowest BCUT2D eigenvalue weighted by atomic mass is 10.1. The first kappa shape index (κ1) is 14.0. The number of hydrogen-bond acceptors (Lipinski definition) is 3. The molecule has 0 bridgehead atoms. The highest BCUT2D eigenvalue weighted by atomic mass is 16.5. The number of amides is 2. The quantitative estimate of drug-likeness (QED) is 0.479. The van der Waals surface area contributed by atoms with Gasteiger partial charge in [0.1, 0.15) is 5.41 Å². The number of carbonyl (C=O) groups excluding carboxylic acids is 2. The summed E-state index contributed by atoms with van der Waals surface area (Å²) in [4.78, 5) is 23.7. The van der Waals surface area contributed by atoms with Gasteiger partial charge in [-0.1, -0.05) is 13.3 Å². The summed E-state index contributed by atoms with van der Waals surface area (Å²) in [6.07, 6.45) is 3.30. The molecule has 0 saturated heterocycles. The van der Waals surface area contributed by atoms with E-state index in [9.17, 15) is 9.59 Å². The molecule has 17 heavy (non-hydrogen) atoms. The molecule has 0 aromatic rings. The second-order valence-electron chi connectivity index (χ2n) is 4.44. The van der Waals surface area contributed by atoms with Crippen LogP contribution in [0.3, 0.4) is 0 Å². The van der Waals surface area contributed by atoms with Crippen molar-refractivity contribution in [2.75, 3.05) is 26.8 Å². The minimum absolute atomic E-state index is 0.124. The van der Waals surface area contributed by atoms with Crippen molar-refractivity contribution in [2.45, 2.75) is 32.6 Å². The van der Waals surface area contributed by atoms with Gasteiger partial charge in [0.25, 0.3) is 0 Å². The van der Waals surface area contributed by atoms with E-state index >= 15 is 0 Å². The molecule has 0 radical (unpaired) electrons. The van der Waals surface area contributed by atoms with E-state index in [0.717, 1.165) is 12.8 Å². The van der Waals surface area contributed by atoms with Crippen LogP contribution in [0.25, 0.3) is 0 Å². The van der Waals surface area contributed by atoms with Crippen LogP contribution < -0.4 is 10.6 Å². The van der Waals surface area contributed by atoms with Crippen molar-refractivity contribution in [3.05, 3.63) is 0 Å². The SMILES string of the molecule is CCCCNC(=O)C1(C(=O)NCCOC)CC1. The zero-order valence-corrected chi connectivity index (χ0v) is 10.7. The number of nitrogens with one attached hydrogen (secondary N) is 2. The van der Waals surface area contributed by atoms with Gasteiger partial charge >= 0.3 is 0 Å². The summed E-state index contributed by atoms with van der Waals surface area (Å²) in [5.41, 5.74) is -0.790. The summed E-state index contributed by atoms with van der Waals surface area (Å²) < 4.78 is 4.85. The minimum atomic E-state index is -0.790. The van der Waals surface area contributed by atoms with Gasteiger partial charge in [-0.2, -0.15) is 0 Å². The first-order valence-corrected chi connectivity index (χ1v) is 6.23. The monoisotopic (exact) mass is 242 g/mol. The fourth-order valence-electron chi connectivity index (χ4n) is 1.67. The molecular formula is C12H22N2O3. The van der Waals surface area contributed by atoms with E-state index in [1.807, 2.05) is 0 Å². The van der Waals surface area contributed by atoms with Gasteiger partial charge in [-0.05, 0) is 19.3 Å². The fraction of sp³-hybridized carbons (Fsp3) is 0.833. The van der Waals surface area contributed by atoms with Crippen LogP contribution in [0.4, 0.5) is 0 Å². The Bertz CT molecular complexity index is 251. The Labute approximate surface area is 102 Å². The van der Waals surface area contributed by atoms with E-state index in [1.54, 1.807) is 7.11 Å². The summed E-state index contributed by atoms with van der Waals surface area (Å²) in [7, 11) is 1.58. The van der Waals surface area contributed by atoms with Crippen LogP contribution in [0, 0.1) is 5.41 Å². The standard InChI is InChI=1S/C12H22N2O3/c1-3-4-7-13-10(15)12(5-6-12)11(16)14-8-9-17-2/h3-9H2,1-2H3,(H,13,15)(H,14,16). The fourth-order valence-corrected chi connectivity index (χ4v) is 1.67. The van der Waals surface area contributed by atoms with Crippen molar-refractivity contribution in [3.8, 4) is 0 Å². The number of rotatable bonds is 8. The molecule has 0 aromatic heterocycles. The largest absolute Gasteiger partial charge is 0.383 e. The first-order chi connectivity index (χ1) is 8.17. The third-order valence-electron chi connectivity index (χ3n) is 3.03. The molecule has 1 aliphatic rings. The first-order valence-electron chi connectivity index (χ1n) is 6.23. The lowest BCUT2D eigenvalue weighted by Crippen LogP contribution is -2.44. The molecule has 1 fully saturated rings. The zero-order valence-electron chi connectivity index (χ0n) is 10.7. The molecule has 0 atom stereocenters. The Morgan fingerprint density at radius 1 is 1.18 bits per heavy atom. The lowest BCUT2D eigenvalue weighted by molar-refractivity contribution is -0.137. The summed E-state index contributed by atoms with van der Waals surface area (Å²) in [6.45, 7) is 3.65. The third-order valence-corrected chi connectivity index (χ3v) is 3.03. The summed E-state index contributed by atoms with van der Waals surface area (Å²) in [6, 6.07) is 0. The number of methoxy groups -OCH3 is 1. The van der Waals surface area contributed by atoms with Gasteiger partial charge in [0.05, 0.1) is 6.61 Å². The van der Waals surface area contributed by atoms with E-state index in [1.165, 1.54) is 0 Å². The average Bonchev–Trinajstić information content (AvgIpc) is 3.10. The van der Waals surface area contributed by atoms with Gasteiger partial charge in [0.2, 0.25) is 11.8 Å². The van der Waals surface area contributed by atoms with Crippen molar-refractivity contribution in [2.24, 2.45) is 5.41 Å². The van der Waals surface area contributed by atoms with Gasteiger partial charge < -0.3 is 15.4 Å². The third kappa shape index (κ3) is 3.70. The number of unbranched alkanes of at least 4 members (excludes halogenated alkanes) is 1. The molecule has 98 valence electrons. The molecule has 2 amide bonds. The Balaban J connectivity index is 2.34. The van der Waals surface area contributed by atoms with Crippen LogP contribution in [0.5, 0.6) is 0 Å². The molecule has 2 N–H and O–H groups in total. The van der Waals surface area contributed by atoms with E-state index < -0.39 is 5.41 Å². The zero-order chi connectivity index (χ0) is 12.7. The highest BCUT2D eigenvalue weighted by molar-refractivity contribution is 6.07. The molecule has 0 aliphatic heterocycles. The van der Waals surface area contributed by atoms with Gasteiger partial charge in [-0.3, -0.25) is 9.59 Å². The predicted octanol–water partition coefficient (Wildman–Crippen LogP) is 0.445. The second-order valence-corrected chi connectivity index (χ2v) is 4.44. The van der Waals surface area contributed by atoms with E-state index in [2.05, 4.69) is 17.6 Å². The van der Waals surface area contributed by atoms with E-state index in [4.69, 9.17) is 4.74 Å². The van der Waals surface area contributed by atoms with Crippen LogP contribution in [0.1, 0.15) is 32.6 Å². The highest BCUT2D eigenvalue weighted by Crippen LogP contribution is 2.46. The lowest BCUT2D eigenvalue weighted by Gasteiger charge is -2.15. The average molecular weight is 242 g/mol. The smallest absolute Gasteiger partial charge is 0.235 e. The van der Waals surface area contributed by atoms with Gasteiger partial charge in [-0.15, -0.1) is 0 Å². The van der Waals surface area contributed by atoms with Gasteiger partial charge in [0, 0.05) is 20.2 Å². The number of hydrogen-bond donors (Lipinski definition) is 2. The van der Waals surface area contributed by atoms with Crippen molar-refractivity contribution < 1.29 is 14.3 Å². The molecule has 0 unspecified atom stereocenters. The molecule has 0 heterocycles. The van der Waals surface area contributed by atoms with Gasteiger partial charge in [0.15, 0.2) is 0 Å². The molecule has 0 spiro atoms. The number of carbonyl (C=O) groups is 2. The minimum Gasteiger partial charge on any atom is -0.383 e. The van der Waals surface area contributed by atoms with E-state index in [-0.39, 0.29) is 11.8 Å². The summed E-state index contributed by atoms with van der Waals surface area (Å²) in [5.74, 6) is -0.288. The Morgan fingerprint density at radius 3 is 2.24 bits per heavy atom. The molecule has 1 saturated carbocycles. The maximum Gasteiger partial charge on any atom is 0.235 e. The molecule has 0 aromatic carbocycles. The normalized spacial score (nSPS) is 16.4. The molecule has 5 nitrogen and oxygen atoms in total. The van der Waals surface area contributed by atoms with Crippen LogP contribution in [-0.4, -0.2) is 38.6 Å². The molecular weight excluding hydrogens is 220 g/mol. The summed E-state index contributed by atoms with van der Waals surface area (Å²) in [5, 5.41) is 5.56. The second kappa shape index (κ2) is 6.59. The van der Waals surface area contributed by atoms with Crippen LogP contribution in [0.2, 0.25) is 0 Å². The topological polar surface area (TPSA) is 67.4 Å². The Kier molecular flexibility index (Phi) is 5.41. The van der Waals surface area contributed by atoms with Crippen LogP contribution in [0.15, 0.2) is 0 Å². The summed E-state index contributed by atoms with van der Waals surface area (Å²) >= 11 is 0. The predicted molar refractivity (Wildman–Crippen MR) is 64.5 cm³/mol. The van der Waals surface area contributed by atoms with E-state index in [0.29, 0.717) is 32.5 Å². The Morgan fingerprint density at radius 2 is 1.76 bits per heavy atom. The van der Waals surface area contributed by atoms with Crippen molar-refractivity contribution in [1.82, 2.24) is 10.6 Å². The van der Waals surface area contributed by atoms with Crippen LogP contribution in [-0.2, 0) is 14.3 Å². The number of ether oxygens (including phenoxy) is 1. The van der Waals surface area contributed by atoms with Gasteiger partial charge in [-0.25, -0.2) is 0 Å². The van der Waals surface area contributed by atoms with Crippen molar-refractivity contribution in [1.29, 1.82) is 0 Å².